The van der Waals surface area contributed by atoms with Crippen LogP contribution in [0.25, 0.3) is 11.1 Å². The number of methoxy groups -OCH3 is 1. The van der Waals surface area contributed by atoms with Gasteiger partial charge >= 0.3 is 0 Å². The van der Waals surface area contributed by atoms with Crippen molar-refractivity contribution in [3.05, 3.63) is 54.1 Å². The van der Waals surface area contributed by atoms with Crippen molar-refractivity contribution in [2.75, 3.05) is 34.3 Å². The molecule has 1 saturated heterocycles. The van der Waals surface area contributed by atoms with E-state index in [0.717, 1.165) is 22.4 Å². The molecule has 0 spiro atoms. The maximum Gasteiger partial charge on any atom is 0.230 e. The Balaban J connectivity index is 1.51. The topological polar surface area (TPSA) is 49.9 Å². The molecule has 1 aliphatic carbocycles. The van der Waals surface area contributed by atoms with Crippen LogP contribution in [-0.4, -0.2) is 55.9 Å². The van der Waals surface area contributed by atoms with E-state index < -0.39 is 5.41 Å². The van der Waals surface area contributed by atoms with E-state index in [-0.39, 0.29) is 11.8 Å². The summed E-state index contributed by atoms with van der Waals surface area (Å²) in [6.45, 7) is 1.19. The van der Waals surface area contributed by atoms with Gasteiger partial charge in [-0.05, 0) is 48.8 Å². The zero-order valence-electron chi connectivity index (χ0n) is 20.2. The van der Waals surface area contributed by atoms with Crippen LogP contribution in [-0.2, 0) is 16.0 Å². The van der Waals surface area contributed by atoms with Gasteiger partial charge in [-0.25, -0.2) is 0 Å². The standard InChI is InChI=1S/C28H36N2O3/c1-29(2)27(32)28(16-17-30(20-28)26(31)18-21-8-4-5-9-21)19-22-12-14-23(15-13-22)24-10-6-7-11-25(24)33-3/h6-7,10-15,21H,4-5,8-9,16-20H2,1-3H3. The minimum atomic E-state index is -0.555. The summed E-state index contributed by atoms with van der Waals surface area (Å²) in [4.78, 5) is 29.9. The second kappa shape index (κ2) is 9.98. The van der Waals surface area contributed by atoms with Gasteiger partial charge < -0.3 is 14.5 Å². The minimum absolute atomic E-state index is 0.118. The normalized spacial score (nSPS) is 20.8. The van der Waals surface area contributed by atoms with Gasteiger partial charge in [0.25, 0.3) is 0 Å². The van der Waals surface area contributed by atoms with Crippen LogP contribution in [0.2, 0.25) is 0 Å². The fourth-order valence-electron chi connectivity index (χ4n) is 5.62. The number of hydrogen-bond acceptors (Lipinski definition) is 3. The quantitative estimate of drug-likeness (QED) is 0.612. The van der Waals surface area contributed by atoms with Gasteiger partial charge in [0.15, 0.2) is 0 Å². The average molecular weight is 449 g/mol. The number of amides is 2. The van der Waals surface area contributed by atoms with Crippen molar-refractivity contribution in [1.29, 1.82) is 0 Å². The third kappa shape index (κ3) is 5.07. The molecule has 2 aromatic carbocycles. The van der Waals surface area contributed by atoms with Gasteiger partial charge in [-0.2, -0.15) is 0 Å². The van der Waals surface area contributed by atoms with Crippen molar-refractivity contribution in [3.8, 4) is 16.9 Å². The van der Waals surface area contributed by atoms with E-state index in [1.807, 2.05) is 37.2 Å². The highest BCUT2D eigenvalue weighted by molar-refractivity contribution is 5.85. The number of hydrogen-bond donors (Lipinski definition) is 0. The summed E-state index contributed by atoms with van der Waals surface area (Å²) < 4.78 is 5.51. The molecule has 0 N–H and O–H groups in total. The Kier molecular flexibility index (Phi) is 7.06. The predicted octanol–water partition coefficient (Wildman–Crippen LogP) is 4.79. The maximum absolute atomic E-state index is 13.3. The molecule has 1 heterocycles. The lowest BCUT2D eigenvalue weighted by Crippen LogP contribution is -2.44. The van der Waals surface area contributed by atoms with E-state index in [0.29, 0.717) is 38.3 Å². The van der Waals surface area contributed by atoms with Crippen LogP contribution in [0.3, 0.4) is 0 Å². The van der Waals surface area contributed by atoms with Crippen LogP contribution in [0.4, 0.5) is 0 Å². The monoisotopic (exact) mass is 448 g/mol. The smallest absolute Gasteiger partial charge is 0.230 e. The lowest BCUT2D eigenvalue weighted by atomic mass is 9.79. The second-order valence-corrected chi connectivity index (χ2v) is 9.97. The molecule has 1 unspecified atom stereocenters. The highest BCUT2D eigenvalue weighted by Crippen LogP contribution is 2.38. The molecule has 33 heavy (non-hydrogen) atoms. The summed E-state index contributed by atoms with van der Waals surface area (Å²) in [6, 6.07) is 16.4. The van der Waals surface area contributed by atoms with Crippen molar-refractivity contribution >= 4 is 11.8 Å². The first kappa shape index (κ1) is 23.3. The first-order valence-electron chi connectivity index (χ1n) is 12.1. The maximum atomic E-state index is 13.3. The molecule has 2 aliphatic rings. The van der Waals surface area contributed by atoms with Gasteiger partial charge in [-0.15, -0.1) is 0 Å². The van der Waals surface area contributed by atoms with E-state index in [9.17, 15) is 9.59 Å². The predicted molar refractivity (Wildman–Crippen MR) is 131 cm³/mol. The second-order valence-electron chi connectivity index (χ2n) is 9.97. The molecule has 2 aromatic rings. The van der Waals surface area contributed by atoms with E-state index in [1.165, 1.54) is 25.7 Å². The number of carbonyl (C=O) groups is 2. The lowest BCUT2D eigenvalue weighted by Gasteiger charge is -2.31. The average Bonchev–Trinajstić information content (AvgIpc) is 3.50. The first-order valence-corrected chi connectivity index (χ1v) is 12.1. The Labute approximate surface area is 197 Å². The van der Waals surface area contributed by atoms with Gasteiger partial charge in [-0.3, -0.25) is 9.59 Å². The van der Waals surface area contributed by atoms with Crippen molar-refractivity contribution in [3.63, 3.8) is 0 Å². The van der Waals surface area contributed by atoms with Crippen LogP contribution in [0.15, 0.2) is 48.5 Å². The van der Waals surface area contributed by atoms with Gasteiger partial charge in [-0.1, -0.05) is 55.3 Å². The zero-order chi connectivity index (χ0) is 23.4. The summed E-state index contributed by atoms with van der Waals surface area (Å²) in [5.74, 6) is 1.71. The summed E-state index contributed by atoms with van der Waals surface area (Å²) in [5, 5.41) is 0. The van der Waals surface area contributed by atoms with Gasteiger partial charge in [0.1, 0.15) is 5.75 Å². The molecular formula is C28H36N2O3. The third-order valence-corrected chi connectivity index (χ3v) is 7.42. The first-order chi connectivity index (χ1) is 15.9. The van der Waals surface area contributed by atoms with E-state index in [2.05, 4.69) is 30.3 Å². The zero-order valence-corrected chi connectivity index (χ0v) is 20.2. The largest absolute Gasteiger partial charge is 0.496 e. The van der Waals surface area contributed by atoms with Crippen LogP contribution < -0.4 is 4.74 Å². The molecule has 0 aromatic heterocycles. The Hall–Kier alpha value is -2.82. The van der Waals surface area contributed by atoms with Crippen LogP contribution in [0, 0.1) is 11.3 Å². The fourth-order valence-corrected chi connectivity index (χ4v) is 5.62. The molecule has 2 fully saturated rings. The van der Waals surface area contributed by atoms with Crippen molar-refractivity contribution in [2.45, 2.75) is 44.9 Å². The molecule has 2 amide bonds. The SMILES string of the molecule is COc1ccccc1-c1ccc(CC2(C(=O)N(C)C)CCN(C(=O)CC3CCCC3)C2)cc1. The summed E-state index contributed by atoms with van der Waals surface area (Å²) >= 11 is 0. The van der Waals surface area contributed by atoms with Crippen LogP contribution in [0.5, 0.6) is 5.75 Å². The molecule has 4 rings (SSSR count). The van der Waals surface area contributed by atoms with Crippen LogP contribution in [0.1, 0.15) is 44.1 Å². The fraction of sp³-hybridized carbons (Fsp3) is 0.500. The van der Waals surface area contributed by atoms with E-state index in [4.69, 9.17) is 4.74 Å². The van der Waals surface area contributed by atoms with Gasteiger partial charge in [0.2, 0.25) is 11.8 Å². The van der Waals surface area contributed by atoms with Gasteiger partial charge in [0, 0.05) is 39.2 Å². The molecule has 1 atom stereocenters. The lowest BCUT2D eigenvalue weighted by molar-refractivity contribution is -0.139. The van der Waals surface area contributed by atoms with Crippen molar-refractivity contribution in [1.82, 2.24) is 9.80 Å². The highest BCUT2D eigenvalue weighted by Gasteiger charge is 2.46. The number of likely N-dealkylation sites (tertiary alicyclic amines) is 1. The third-order valence-electron chi connectivity index (χ3n) is 7.42. The molecule has 176 valence electrons. The number of benzene rings is 2. The molecule has 5 heteroatoms. The molecular weight excluding hydrogens is 412 g/mol. The van der Waals surface area contributed by atoms with Crippen LogP contribution >= 0.6 is 0 Å². The molecule has 5 nitrogen and oxygen atoms in total. The van der Waals surface area contributed by atoms with Gasteiger partial charge in [0.05, 0.1) is 12.5 Å². The summed E-state index contributed by atoms with van der Waals surface area (Å²) in [6.07, 6.45) is 6.81. The number of para-hydroxylation sites is 1. The molecule has 0 radical (unpaired) electrons. The van der Waals surface area contributed by atoms with Crippen molar-refractivity contribution in [2.24, 2.45) is 11.3 Å². The Morgan fingerprint density at radius 1 is 1.06 bits per heavy atom. The van der Waals surface area contributed by atoms with E-state index in [1.54, 1.807) is 12.0 Å². The summed E-state index contributed by atoms with van der Waals surface area (Å²) in [5.41, 5.74) is 2.70. The summed E-state index contributed by atoms with van der Waals surface area (Å²) in [7, 11) is 5.32. The van der Waals surface area contributed by atoms with E-state index >= 15 is 0 Å². The number of carbonyl (C=O) groups excluding carboxylic acids is 2. The number of ether oxygens (including phenoxy) is 1. The highest BCUT2D eigenvalue weighted by atomic mass is 16.5. The Morgan fingerprint density at radius 2 is 1.76 bits per heavy atom. The number of rotatable bonds is 7. The minimum Gasteiger partial charge on any atom is -0.496 e. The molecule has 1 saturated carbocycles. The number of nitrogens with zero attached hydrogens (tertiary/aromatic N) is 2. The van der Waals surface area contributed by atoms with Crippen molar-refractivity contribution < 1.29 is 14.3 Å². The Morgan fingerprint density at radius 3 is 2.42 bits per heavy atom. The molecule has 0 bridgehead atoms. The Bertz CT molecular complexity index is 979. The molecule has 1 aliphatic heterocycles.